The molecule has 0 radical (unpaired) electrons. The number of benzene rings is 2. The van der Waals surface area contributed by atoms with E-state index in [0.29, 0.717) is 37.7 Å². The average Bonchev–Trinajstić information content (AvgIpc) is 2.78. The summed E-state index contributed by atoms with van der Waals surface area (Å²) in [5.41, 5.74) is 5.98. The fourth-order valence-corrected chi connectivity index (χ4v) is 2.44. The van der Waals surface area contributed by atoms with E-state index < -0.39 is 11.8 Å². The maximum absolute atomic E-state index is 12.1. The Kier molecular flexibility index (Phi) is 9.88. The van der Waals surface area contributed by atoms with Crippen LogP contribution in [0.5, 0.6) is 5.75 Å². The third-order valence-corrected chi connectivity index (χ3v) is 4.04. The average molecular weight is 413 g/mol. The highest BCUT2D eigenvalue weighted by Crippen LogP contribution is 2.12. The molecule has 160 valence electrons. The van der Waals surface area contributed by atoms with Crippen LogP contribution in [-0.4, -0.2) is 37.5 Å². The zero-order valence-electron chi connectivity index (χ0n) is 17.0. The van der Waals surface area contributed by atoms with Crippen molar-refractivity contribution >= 4 is 17.7 Å². The number of nitrogens with one attached hydrogen (secondary N) is 3. The summed E-state index contributed by atoms with van der Waals surface area (Å²) in [6, 6.07) is 16.0. The molecule has 0 aromatic heterocycles. The minimum Gasteiger partial charge on any atom is -0.491 e. The van der Waals surface area contributed by atoms with Gasteiger partial charge in [-0.05, 0) is 36.8 Å². The Balaban J connectivity index is 1.63. The molecule has 0 atom stereocenters. The van der Waals surface area contributed by atoms with Crippen LogP contribution in [0.2, 0.25) is 0 Å². The highest BCUT2D eigenvalue weighted by Gasteiger charge is 2.10. The Hall–Kier alpha value is -3.39. The molecule has 0 aliphatic carbocycles. The first-order valence-electron chi connectivity index (χ1n) is 9.79. The van der Waals surface area contributed by atoms with E-state index in [2.05, 4.69) is 16.2 Å². The lowest BCUT2D eigenvalue weighted by Crippen LogP contribution is -2.42. The van der Waals surface area contributed by atoms with Crippen molar-refractivity contribution in [2.75, 3.05) is 19.8 Å². The van der Waals surface area contributed by atoms with Gasteiger partial charge in [-0.2, -0.15) is 0 Å². The number of ether oxygens (including phenoxy) is 2. The highest BCUT2D eigenvalue weighted by molar-refractivity contribution is 5.95. The van der Waals surface area contributed by atoms with E-state index in [0.717, 1.165) is 5.56 Å². The fourth-order valence-electron chi connectivity index (χ4n) is 2.44. The molecule has 0 heterocycles. The number of carbonyl (C=O) groups excluding carboxylic acids is 3. The van der Waals surface area contributed by atoms with Gasteiger partial charge in [-0.1, -0.05) is 30.3 Å². The molecule has 0 saturated heterocycles. The Bertz CT molecular complexity index is 809. The van der Waals surface area contributed by atoms with Gasteiger partial charge in [0.2, 0.25) is 11.8 Å². The molecule has 0 spiro atoms. The van der Waals surface area contributed by atoms with Gasteiger partial charge in [0, 0.05) is 31.6 Å². The van der Waals surface area contributed by atoms with Crippen molar-refractivity contribution in [2.45, 2.75) is 26.3 Å². The van der Waals surface area contributed by atoms with Gasteiger partial charge in [-0.15, -0.1) is 0 Å². The topological polar surface area (TPSA) is 106 Å². The van der Waals surface area contributed by atoms with Crippen molar-refractivity contribution in [1.82, 2.24) is 16.2 Å². The molecular formula is C22H27N3O5. The maximum atomic E-state index is 12.1. The lowest BCUT2D eigenvalue weighted by atomic mass is 10.2. The van der Waals surface area contributed by atoms with Crippen LogP contribution in [0.25, 0.3) is 0 Å². The van der Waals surface area contributed by atoms with Gasteiger partial charge < -0.3 is 14.8 Å². The number of hydrogen-bond donors (Lipinski definition) is 3. The van der Waals surface area contributed by atoms with E-state index >= 15 is 0 Å². The van der Waals surface area contributed by atoms with Gasteiger partial charge >= 0.3 is 0 Å². The molecule has 0 bridgehead atoms. The monoisotopic (exact) mass is 413 g/mol. The third kappa shape index (κ3) is 8.74. The Labute approximate surface area is 175 Å². The predicted octanol–water partition coefficient (Wildman–Crippen LogP) is 1.96. The van der Waals surface area contributed by atoms with Crippen LogP contribution in [-0.2, 0) is 20.9 Å². The van der Waals surface area contributed by atoms with E-state index in [-0.39, 0.29) is 18.7 Å². The first-order chi connectivity index (χ1) is 14.6. The van der Waals surface area contributed by atoms with Gasteiger partial charge in [-0.25, -0.2) is 0 Å². The summed E-state index contributed by atoms with van der Waals surface area (Å²) >= 11 is 0. The molecule has 0 aliphatic rings. The van der Waals surface area contributed by atoms with Crippen molar-refractivity contribution in [3.63, 3.8) is 0 Å². The van der Waals surface area contributed by atoms with Crippen molar-refractivity contribution in [1.29, 1.82) is 0 Å². The summed E-state index contributed by atoms with van der Waals surface area (Å²) < 4.78 is 10.7. The Morgan fingerprint density at radius 3 is 2.23 bits per heavy atom. The molecule has 3 amide bonds. The molecular weight excluding hydrogens is 386 g/mol. The summed E-state index contributed by atoms with van der Waals surface area (Å²) in [6.07, 6.45) is -0.00414. The van der Waals surface area contributed by atoms with Crippen LogP contribution in [0, 0.1) is 0 Å². The number of carbonyl (C=O) groups is 3. The minimum atomic E-state index is -0.460. The number of hydrogen-bond acceptors (Lipinski definition) is 5. The Morgan fingerprint density at radius 1 is 0.833 bits per heavy atom. The number of rotatable bonds is 11. The zero-order valence-corrected chi connectivity index (χ0v) is 17.0. The highest BCUT2D eigenvalue weighted by atomic mass is 16.5. The quantitative estimate of drug-likeness (QED) is 0.386. The molecule has 8 heteroatoms. The van der Waals surface area contributed by atoms with E-state index in [9.17, 15) is 14.4 Å². The van der Waals surface area contributed by atoms with Gasteiger partial charge in [0.15, 0.2) is 0 Å². The molecule has 2 aromatic carbocycles. The molecule has 0 aliphatic heterocycles. The second-order valence-corrected chi connectivity index (χ2v) is 6.33. The maximum Gasteiger partial charge on any atom is 0.269 e. The van der Waals surface area contributed by atoms with Crippen LogP contribution in [0.15, 0.2) is 54.6 Å². The molecule has 30 heavy (non-hydrogen) atoms. The van der Waals surface area contributed by atoms with Crippen LogP contribution >= 0.6 is 0 Å². The van der Waals surface area contributed by atoms with Crippen molar-refractivity contribution < 1.29 is 23.9 Å². The SMILES string of the molecule is CCOCCOc1ccc(C(=O)NNC(=O)CCC(=O)NCc2ccccc2)cc1. The van der Waals surface area contributed by atoms with Crippen LogP contribution in [0.1, 0.15) is 35.7 Å². The van der Waals surface area contributed by atoms with Crippen molar-refractivity contribution in [2.24, 2.45) is 0 Å². The first kappa shape index (κ1) is 22.9. The van der Waals surface area contributed by atoms with E-state index in [1.807, 2.05) is 37.3 Å². The third-order valence-electron chi connectivity index (χ3n) is 4.04. The van der Waals surface area contributed by atoms with Crippen molar-refractivity contribution in [3.8, 4) is 5.75 Å². The molecule has 0 unspecified atom stereocenters. The number of hydrazine groups is 1. The normalized spacial score (nSPS) is 10.2. The van der Waals surface area contributed by atoms with Crippen LogP contribution in [0.4, 0.5) is 0 Å². The van der Waals surface area contributed by atoms with Gasteiger partial charge in [0.25, 0.3) is 5.91 Å². The molecule has 3 N–H and O–H groups in total. The van der Waals surface area contributed by atoms with Gasteiger partial charge in [0.05, 0.1) is 6.61 Å². The van der Waals surface area contributed by atoms with Gasteiger partial charge in [0.1, 0.15) is 12.4 Å². The smallest absolute Gasteiger partial charge is 0.269 e. The standard InChI is InChI=1S/C22H27N3O5/c1-2-29-14-15-30-19-10-8-18(9-11-19)22(28)25-24-21(27)13-12-20(26)23-16-17-6-4-3-5-7-17/h3-11H,2,12-16H2,1H3,(H,23,26)(H,24,27)(H,25,28). The zero-order chi connectivity index (χ0) is 21.6. The molecule has 2 aromatic rings. The van der Waals surface area contributed by atoms with E-state index in [1.165, 1.54) is 0 Å². The van der Waals surface area contributed by atoms with Crippen LogP contribution < -0.4 is 20.9 Å². The summed E-state index contributed by atoms with van der Waals surface area (Å²) in [6.45, 7) is 3.87. The second-order valence-electron chi connectivity index (χ2n) is 6.33. The second kappa shape index (κ2) is 12.9. The summed E-state index contributed by atoms with van der Waals surface area (Å²) in [5, 5.41) is 2.75. The summed E-state index contributed by atoms with van der Waals surface area (Å²) in [4.78, 5) is 35.8. The predicted molar refractivity (Wildman–Crippen MR) is 112 cm³/mol. The largest absolute Gasteiger partial charge is 0.491 e. The van der Waals surface area contributed by atoms with Gasteiger partial charge in [-0.3, -0.25) is 25.2 Å². The van der Waals surface area contributed by atoms with Crippen molar-refractivity contribution in [3.05, 3.63) is 65.7 Å². The number of amides is 3. The lowest BCUT2D eigenvalue weighted by molar-refractivity contribution is -0.126. The first-order valence-corrected chi connectivity index (χ1v) is 9.79. The fraction of sp³-hybridized carbons (Fsp3) is 0.318. The van der Waals surface area contributed by atoms with E-state index in [4.69, 9.17) is 9.47 Å². The summed E-state index contributed by atoms with van der Waals surface area (Å²) in [7, 11) is 0. The summed E-state index contributed by atoms with van der Waals surface area (Å²) in [5.74, 6) is -0.524. The molecule has 8 nitrogen and oxygen atoms in total. The lowest BCUT2D eigenvalue weighted by Gasteiger charge is -2.09. The van der Waals surface area contributed by atoms with Crippen LogP contribution in [0.3, 0.4) is 0 Å². The van der Waals surface area contributed by atoms with E-state index in [1.54, 1.807) is 24.3 Å². The Morgan fingerprint density at radius 2 is 1.53 bits per heavy atom. The molecule has 0 fully saturated rings. The minimum absolute atomic E-state index is 0.0301. The molecule has 2 rings (SSSR count). The molecule has 0 saturated carbocycles.